The van der Waals surface area contributed by atoms with Crippen molar-refractivity contribution in [3.8, 4) is 0 Å². The summed E-state index contributed by atoms with van der Waals surface area (Å²) in [6, 6.07) is -0.0469. The molecular formula is C10H21ClN2O2. The van der Waals surface area contributed by atoms with E-state index >= 15 is 0 Å². The summed E-state index contributed by atoms with van der Waals surface area (Å²) in [7, 11) is 0. The molecule has 5 heteroatoms. The molecule has 0 saturated carbocycles. The van der Waals surface area contributed by atoms with Crippen molar-refractivity contribution in [3.63, 3.8) is 0 Å². The van der Waals surface area contributed by atoms with Gasteiger partial charge in [0.1, 0.15) is 0 Å². The number of hydrogen-bond acceptors (Lipinski definition) is 3. The Bertz CT molecular complexity index is 194. The first-order valence-electron chi connectivity index (χ1n) is 5.30. The highest BCUT2D eigenvalue weighted by Gasteiger charge is 2.22. The van der Waals surface area contributed by atoms with E-state index in [-0.39, 0.29) is 30.3 Å². The predicted molar refractivity (Wildman–Crippen MR) is 62.1 cm³/mol. The summed E-state index contributed by atoms with van der Waals surface area (Å²) >= 11 is 0. The maximum atomic E-state index is 11.5. The smallest absolute Gasteiger partial charge is 0.237 e. The van der Waals surface area contributed by atoms with Gasteiger partial charge < -0.3 is 15.7 Å². The Labute approximate surface area is 97.2 Å². The van der Waals surface area contributed by atoms with E-state index < -0.39 is 6.10 Å². The summed E-state index contributed by atoms with van der Waals surface area (Å²) in [5, 5.41) is 15.4. The van der Waals surface area contributed by atoms with E-state index in [1.807, 2.05) is 13.8 Å². The molecule has 0 aromatic heterocycles. The van der Waals surface area contributed by atoms with Crippen molar-refractivity contribution < 1.29 is 9.90 Å². The van der Waals surface area contributed by atoms with Crippen LogP contribution in [0.2, 0.25) is 0 Å². The molecule has 3 N–H and O–H groups in total. The van der Waals surface area contributed by atoms with E-state index in [1.165, 1.54) is 0 Å². The molecule has 0 radical (unpaired) electrons. The lowest BCUT2D eigenvalue weighted by molar-refractivity contribution is -0.123. The third-order valence-electron chi connectivity index (χ3n) is 2.63. The summed E-state index contributed by atoms with van der Waals surface area (Å²) in [5.74, 6) is 0.203. The summed E-state index contributed by atoms with van der Waals surface area (Å²) in [4.78, 5) is 11.5. The second-order valence-electron chi connectivity index (χ2n) is 4.21. The first-order valence-corrected chi connectivity index (χ1v) is 5.30. The Hall–Kier alpha value is -0.320. The maximum Gasteiger partial charge on any atom is 0.237 e. The number of amides is 1. The molecule has 2 unspecified atom stereocenters. The Morgan fingerprint density at radius 3 is 2.73 bits per heavy atom. The van der Waals surface area contributed by atoms with Crippen LogP contribution in [0.1, 0.15) is 26.7 Å². The summed E-state index contributed by atoms with van der Waals surface area (Å²) < 4.78 is 0. The van der Waals surface area contributed by atoms with E-state index in [2.05, 4.69) is 10.6 Å². The van der Waals surface area contributed by atoms with Gasteiger partial charge in [0.15, 0.2) is 0 Å². The predicted octanol–water partition coefficient (Wildman–Crippen LogP) is 0.293. The van der Waals surface area contributed by atoms with Crippen LogP contribution in [0, 0.1) is 5.92 Å². The minimum Gasteiger partial charge on any atom is -0.391 e. The number of aliphatic hydroxyl groups excluding tert-OH is 1. The van der Waals surface area contributed by atoms with E-state index in [9.17, 15) is 9.90 Å². The van der Waals surface area contributed by atoms with Crippen LogP contribution in [0.5, 0.6) is 0 Å². The molecule has 0 spiro atoms. The largest absolute Gasteiger partial charge is 0.391 e. The van der Waals surface area contributed by atoms with Gasteiger partial charge in [0.05, 0.1) is 12.1 Å². The highest BCUT2D eigenvalue weighted by atomic mass is 35.5. The van der Waals surface area contributed by atoms with Crippen molar-refractivity contribution in [2.75, 3.05) is 13.1 Å². The number of aliphatic hydroxyl groups is 1. The van der Waals surface area contributed by atoms with Gasteiger partial charge in [-0.25, -0.2) is 0 Å². The van der Waals surface area contributed by atoms with Gasteiger partial charge in [-0.3, -0.25) is 4.79 Å². The molecule has 1 fully saturated rings. The van der Waals surface area contributed by atoms with Gasteiger partial charge >= 0.3 is 0 Å². The number of halogens is 1. The topological polar surface area (TPSA) is 61.4 Å². The number of rotatable bonds is 4. The van der Waals surface area contributed by atoms with Crippen LogP contribution in [-0.2, 0) is 4.79 Å². The molecule has 0 bridgehead atoms. The second-order valence-corrected chi connectivity index (χ2v) is 4.21. The number of hydrogen-bond donors (Lipinski definition) is 3. The Kier molecular flexibility index (Phi) is 6.89. The van der Waals surface area contributed by atoms with E-state index in [1.54, 1.807) is 0 Å². The highest BCUT2D eigenvalue weighted by molar-refractivity contribution is 5.85. The first-order chi connectivity index (χ1) is 6.61. The molecule has 90 valence electrons. The molecule has 1 heterocycles. The van der Waals surface area contributed by atoms with Crippen molar-refractivity contribution in [1.29, 1.82) is 0 Å². The van der Waals surface area contributed by atoms with Crippen LogP contribution in [0.3, 0.4) is 0 Å². The fourth-order valence-corrected chi connectivity index (χ4v) is 1.47. The van der Waals surface area contributed by atoms with Crippen LogP contribution in [0.15, 0.2) is 0 Å². The molecule has 15 heavy (non-hydrogen) atoms. The SMILES string of the molecule is CC(C)C(O)CNC(=O)C1CCCN1.Cl. The standard InChI is InChI=1S/C10H20N2O2.ClH/c1-7(2)9(13)6-12-10(14)8-4-3-5-11-8;/h7-9,11,13H,3-6H2,1-2H3,(H,12,14);1H. The van der Waals surface area contributed by atoms with Crippen molar-refractivity contribution in [2.45, 2.75) is 38.8 Å². The first kappa shape index (κ1) is 14.7. The monoisotopic (exact) mass is 236 g/mol. The molecule has 0 aliphatic carbocycles. The summed E-state index contributed by atoms with van der Waals surface area (Å²) in [5.41, 5.74) is 0. The van der Waals surface area contributed by atoms with Crippen LogP contribution in [0.25, 0.3) is 0 Å². The Morgan fingerprint density at radius 1 is 1.60 bits per heavy atom. The van der Waals surface area contributed by atoms with Crippen LogP contribution >= 0.6 is 12.4 Å². The number of carbonyl (C=O) groups excluding carboxylic acids is 1. The minimum absolute atomic E-state index is 0. The van der Waals surface area contributed by atoms with Gasteiger partial charge in [-0.1, -0.05) is 13.8 Å². The van der Waals surface area contributed by atoms with Crippen LogP contribution in [-0.4, -0.2) is 36.2 Å². The lowest BCUT2D eigenvalue weighted by Crippen LogP contribution is -2.44. The number of carbonyl (C=O) groups is 1. The maximum absolute atomic E-state index is 11.5. The Morgan fingerprint density at radius 2 is 2.27 bits per heavy atom. The fourth-order valence-electron chi connectivity index (χ4n) is 1.47. The summed E-state index contributed by atoms with van der Waals surface area (Å²) in [6.07, 6.45) is 1.52. The van der Waals surface area contributed by atoms with Gasteiger partial charge in [0.2, 0.25) is 5.91 Å². The number of nitrogens with one attached hydrogen (secondary N) is 2. The van der Waals surface area contributed by atoms with Crippen molar-refractivity contribution in [1.82, 2.24) is 10.6 Å². The van der Waals surface area contributed by atoms with Gasteiger partial charge in [-0.2, -0.15) is 0 Å². The molecule has 0 aromatic rings. The van der Waals surface area contributed by atoms with Crippen LogP contribution < -0.4 is 10.6 Å². The van der Waals surface area contributed by atoms with E-state index in [0.717, 1.165) is 19.4 Å². The zero-order chi connectivity index (χ0) is 10.6. The molecule has 1 saturated heterocycles. The van der Waals surface area contributed by atoms with Gasteiger partial charge in [-0.15, -0.1) is 12.4 Å². The average Bonchev–Trinajstić information content (AvgIpc) is 2.66. The van der Waals surface area contributed by atoms with Gasteiger partial charge in [0.25, 0.3) is 0 Å². The lowest BCUT2D eigenvalue weighted by atomic mass is 10.1. The zero-order valence-electron chi connectivity index (χ0n) is 9.32. The fraction of sp³-hybridized carbons (Fsp3) is 0.900. The molecule has 1 rings (SSSR count). The zero-order valence-corrected chi connectivity index (χ0v) is 10.1. The van der Waals surface area contributed by atoms with E-state index in [4.69, 9.17) is 0 Å². The van der Waals surface area contributed by atoms with Crippen molar-refractivity contribution in [3.05, 3.63) is 0 Å². The molecule has 0 aromatic carbocycles. The third-order valence-corrected chi connectivity index (χ3v) is 2.63. The third kappa shape index (κ3) is 4.82. The summed E-state index contributed by atoms with van der Waals surface area (Å²) in [6.45, 7) is 5.15. The van der Waals surface area contributed by atoms with E-state index in [0.29, 0.717) is 6.54 Å². The molecular weight excluding hydrogens is 216 g/mol. The second kappa shape index (κ2) is 7.04. The minimum atomic E-state index is -0.444. The molecule has 2 atom stereocenters. The van der Waals surface area contributed by atoms with Crippen LogP contribution in [0.4, 0.5) is 0 Å². The van der Waals surface area contributed by atoms with Gasteiger partial charge in [0, 0.05) is 6.54 Å². The van der Waals surface area contributed by atoms with Crippen molar-refractivity contribution in [2.24, 2.45) is 5.92 Å². The van der Waals surface area contributed by atoms with Gasteiger partial charge in [-0.05, 0) is 25.3 Å². The Balaban J connectivity index is 0.00000196. The molecule has 1 aliphatic heterocycles. The molecule has 4 nitrogen and oxygen atoms in total. The highest BCUT2D eigenvalue weighted by Crippen LogP contribution is 2.05. The quantitative estimate of drug-likeness (QED) is 0.658. The van der Waals surface area contributed by atoms with Crippen molar-refractivity contribution >= 4 is 18.3 Å². The molecule has 1 amide bonds. The normalized spacial score (nSPS) is 22.3. The molecule has 1 aliphatic rings. The average molecular weight is 237 g/mol. The lowest BCUT2D eigenvalue weighted by Gasteiger charge is -2.17.